The Bertz CT molecular complexity index is 2130. The topological polar surface area (TPSA) is 494 Å². The summed E-state index contributed by atoms with van der Waals surface area (Å²) in [6.45, 7) is 7.99. The van der Waals surface area contributed by atoms with Crippen LogP contribution in [-0.4, -0.2) is 179 Å². The Morgan fingerprint density at radius 3 is 1.19 bits per heavy atom. The number of imidazole rings is 1. The van der Waals surface area contributed by atoms with Crippen LogP contribution >= 0.6 is 0 Å². The summed E-state index contributed by atoms with van der Waals surface area (Å²) >= 11 is 0. The highest BCUT2D eigenvalue weighted by atomic mass is 16.4. The van der Waals surface area contributed by atoms with Crippen LogP contribution in [0.2, 0.25) is 0 Å². The number of aromatic amines is 1. The van der Waals surface area contributed by atoms with Crippen LogP contribution in [0.15, 0.2) is 12.5 Å². The molecule has 17 N–H and O–H groups in total. The number of rotatable bonds is 34. The molecule has 0 saturated heterocycles. The number of amides is 8. The van der Waals surface area contributed by atoms with Gasteiger partial charge in [-0.25, -0.2) is 9.78 Å². The molecule has 0 saturated carbocycles. The lowest BCUT2D eigenvalue weighted by Crippen LogP contribution is -2.62. The summed E-state index contributed by atoms with van der Waals surface area (Å²) < 4.78 is 0. The molecule has 30 nitrogen and oxygen atoms in total. The highest BCUT2D eigenvalue weighted by Gasteiger charge is 2.37. The van der Waals surface area contributed by atoms with Crippen LogP contribution in [-0.2, 0) is 68.7 Å². The molecule has 8 amide bonds. The lowest BCUT2D eigenvalue weighted by molar-refractivity contribution is -0.144. The van der Waals surface area contributed by atoms with Gasteiger partial charge in [0.1, 0.15) is 54.4 Å². The maximum Gasteiger partial charge on any atom is 0.326 e. The maximum absolute atomic E-state index is 14.1. The van der Waals surface area contributed by atoms with Gasteiger partial charge in [-0.1, -0.05) is 41.5 Å². The normalized spacial score (nSPS) is 14.8. The number of carboxylic acid groups (broad SMARTS) is 5. The third-order valence-electron chi connectivity index (χ3n) is 10.7. The minimum atomic E-state index is -1.95. The van der Waals surface area contributed by atoms with Crippen LogP contribution in [0.1, 0.15) is 92.2 Å². The van der Waals surface area contributed by atoms with E-state index >= 15 is 0 Å². The summed E-state index contributed by atoms with van der Waals surface area (Å²) in [5.41, 5.74) is 5.78. The molecule has 0 spiro atoms. The minimum absolute atomic E-state index is 0.220. The van der Waals surface area contributed by atoms with Gasteiger partial charge in [0.2, 0.25) is 47.3 Å². The summed E-state index contributed by atoms with van der Waals surface area (Å²) in [6, 6.07) is -14.8. The Morgan fingerprint density at radius 2 is 0.822 bits per heavy atom. The highest BCUT2D eigenvalue weighted by molar-refractivity contribution is 5.99. The molecule has 0 aromatic carbocycles. The maximum atomic E-state index is 14.1. The number of carboxylic acids is 5. The number of H-pyrrole nitrogens is 1. The Hall–Kier alpha value is -7.76. The smallest absolute Gasteiger partial charge is 0.326 e. The number of aliphatic carboxylic acids is 5. The first-order chi connectivity index (χ1) is 34.0. The Kier molecular flexibility index (Phi) is 26.7. The number of aliphatic hydroxyl groups excluding tert-OH is 1. The summed E-state index contributed by atoms with van der Waals surface area (Å²) in [7, 11) is 0. The van der Waals surface area contributed by atoms with E-state index in [-0.39, 0.29) is 5.69 Å². The summed E-state index contributed by atoms with van der Waals surface area (Å²) in [4.78, 5) is 173. The SMILES string of the molecule is CC(C)[C@H](NC(=O)[C@H](CC(=O)O)NC(=O)[C@@H](NC(=O)[C@H](CCC(=O)O)NC(=O)[C@H](Cc1cnc[nH]1)NC(=O)[C@H](CCC(=O)O)NC(=O)[C@@H](NC(=O)[C@@H](N)CO)C(C)C)C(C)C)C(=O)N[C@@H](CCC(=O)O)C(=O)O. The van der Waals surface area contributed by atoms with Crippen molar-refractivity contribution in [1.82, 2.24) is 52.5 Å². The molecule has 73 heavy (non-hydrogen) atoms. The van der Waals surface area contributed by atoms with Crippen molar-refractivity contribution in [3.63, 3.8) is 0 Å². The van der Waals surface area contributed by atoms with Gasteiger partial charge in [-0.15, -0.1) is 0 Å². The van der Waals surface area contributed by atoms with Gasteiger partial charge in [-0.3, -0.25) is 57.5 Å². The standard InChI is InChI=1S/C43H67N11O19/c1-18(2)32(52-35(64)22(44)16-55)40(69)48-23(7-10-28(56)57)36(65)50-26(13-21-15-45-17-46-21)38(67)47-24(8-11-29(58)59)37(66)53-34(20(5)6)42(71)51-27(14-31(62)63)39(68)54-33(19(3)4)41(70)49-25(43(72)73)9-12-30(60)61/h15,17-20,22-27,32-34,55H,7-14,16,44H2,1-6H3,(H,45,46)(H,47,67)(H,48,69)(H,49,70)(H,50,65)(H,51,71)(H,52,64)(H,53,66)(H,54,68)(H,56,57)(H,58,59)(H,60,61)(H,62,63)(H,72,73)/t22-,23-,24-,25-,26-,27-,32-,33-,34-/m0/s1. The van der Waals surface area contributed by atoms with Crippen molar-refractivity contribution in [2.24, 2.45) is 23.5 Å². The van der Waals surface area contributed by atoms with Crippen molar-refractivity contribution in [2.75, 3.05) is 6.61 Å². The number of nitrogens with two attached hydrogens (primary N) is 1. The number of aromatic nitrogens is 2. The van der Waals surface area contributed by atoms with Gasteiger partial charge in [-0.05, 0) is 37.0 Å². The molecule has 0 aliphatic heterocycles. The second-order valence-electron chi connectivity index (χ2n) is 17.8. The third kappa shape index (κ3) is 22.9. The molecule has 1 aromatic heterocycles. The molecular weight excluding hydrogens is 975 g/mol. The first-order valence-electron chi connectivity index (χ1n) is 22.9. The molecule has 9 atom stereocenters. The van der Waals surface area contributed by atoms with Crippen molar-refractivity contribution in [2.45, 2.75) is 147 Å². The molecule has 0 radical (unpaired) electrons. The molecule has 1 rings (SSSR count). The van der Waals surface area contributed by atoms with Gasteiger partial charge < -0.3 is 83.9 Å². The predicted octanol–water partition coefficient (Wildman–Crippen LogP) is -4.73. The molecule has 0 aliphatic carbocycles. The first kappa shape index (κ1) is 63.3. The first-order valence-corrected chi connectivity index (χ1v) is 22.9. The fourth-order valence-electron chi connectivity index (χ4n) is 6.59. The van der Waals surface area contributed by atoms with Crippen LogP contribution in [0.3, 0.4) is 0 Å². The van der Waals surface area contributed by atoms with Crippen molar-refractivity contribution in [3.8, 4) is 0 Å². The van der Waals surface area contributed by atoms with E-state index in [0.717, 1.165) is 0 Å². The molecular formula is C43H67N11O19. The number of hydrogen-bond donors (Lipinski definition) is 16. The van der Waals surface area contributed by atoms with Crippen molar-refractivity contribution >= 4 is 77.1 Å². The van der Waals surface area contributed by atoms with E-state index in [2.05, 4.69) is 52.5 Å². The summed E-state index contributed by atoms with van der Waals surface area (Å²) in [5, 5.41) is 74.7. The Balaban J connectivity index is 3.52. The predicted molar refractivity (Wildman–Crippen MR) is 248 cm³/mol. The monoisotopic (exact) mass is 1040 g/mol. The molecule has 408 valence electrons. The molecule has 0 unspecified atom stereocenters. The average molecular weight is 1040 g/mol. The average Bonchev–Trinajstić information content (AvgIpc) is 3.81. The molecule has 0 aliphatic rings. The number of nitrogens with zero attached hydrogens (tertiary/aromatic N) is 1. The second kappa shape index (κ2) is 30.9. The van der Waals surface area contributed by atoms with Gasteiger partial charge >= 0.3 is 29.8 Å². The molecule has 0 fully saturated rings. The van der Waals surface area contributed by atoms with Crippen molar-refractivity contribution < 1.29 is 93.0 Å². The van der Waals surface area contributed by atoms with E-state index in [1.165, 1.54) is 54.1 Å². The molecule has 1 heterocycles. The van der Waals surface area contributed by atoms with E-state index in [1.54, 1.807) is 0 Å². The van der Waals surface area contributed by atoms with Gasteiger partial charge in [0, 0.05) is 37.6 Å². The highest BCUT2D eigenvalue weighted by Crippen LogP contribution is 2.12. The van der Waals surface area contributed by atoms with E-state index in [0.29, 0.717) is 0 Å². The van der Waals surface area contributed by atoms with Crippen LogP contribution in [0.5, 0.6) is 0 Å². The van der Waals surface area contributed by atoms with E-state index in [1.807, 2.05) is 0 Å². The van der Waals surface area contributed by atoms with Gasteiger partial charge in [0.05, 0.1) is 19.4 Å². The second-order valence-corrected chi connectivity index (χ2v) is 17.8. The number of hydrogen-bond acceptors (Lipinski definition) is 16. The van der Waals surface area contributed by atoms with E-state index < -0.39 is 207 Å². The third-order valence-corrected chi connectivity index (χ3v) is 10.7. The Morgan fingerprint density at radius 1 is 0.479 bits per heavy atom. The molecule has 30 heteroatoms. The molecule has 1 aromatic rings. The summed E-state index contributed by atoms with van der Waals surface area (Å²) in [6.07, 6.45) is -2.79. The van der Waals surface area contributed by atoms with Crippen LogP contribution < -0.4 is 48.3 Å². The molecule has 0 bridgehead atoms. The van der Waals surface area contributed by atoms with E-state index in [4.69, 9.17) is 10.8 Å². The fraction of sp³-hybridized carbons (Fsp3) is 0.628. The van der Waals surface area contributed by atoms with E-state index in [9.17, 15) is 87.9 Å². The van der Waals surface area contributed by atoms with Gasteiger partial charge in [0.15, 0.2) is 0 Å². The number of carbonyl (C=O) groups is 13. The van der Waals surface area contributed by atoms with Gasteiger partial charge in [0.25, 0.3) is 0 Å². The van der Waals surface area contributed by atoms with Crippen molar-refractivity contribution in [1.29, 1.82) is 0 Å². The number of carbonyl (C=O) groups excluding carboxylic acids is 8. The largest absolute Gasteiger partial charge is 0.481 e. The zero-order valence-corrected chi connectivity index (χ0v) is 41.0. The summed E-state index contributed by atoms with van der Waals surface area (Å²) in [5.74, 6) is -18.5. The zero-order chi connectivity index (χ0) is 55.9. The van der Waals surface area contributed by atoms with Crippen LogP contribution in [0, 0.1) is 17.8 Å². The lowest BCUT2D eigenvalue weighted by atomic mass is 10.00. The zero-order valence-electron chi connectivity index (χ0n) is 41.0. The quantitative estimate of drug-likeness (QED) is 0.0308. The van der Waals surface area contributed by atoms with Gasteiger partial charge in [-0.2, -0.15) is 0 Å². The Labute approximate surface area is 417 Å². The van der Waals surface area contributed by atoms with Crippen LogP contribution in [0.4, 0.5) is 0 Å². The van der Waals surface area contributed by atoms with Crippen LogP contribution in [0.25, 0.3) is 0 Å². The lowest BCUT2D eigenvalue weighted by Gasteiger charge is -2.29. The number of nitrogens with one attached hydrogen (secondary N) is 9. The minimum Gasteiger partial charge on any atom is -0.481 e. The van der Waals surface area contributed by atoms with Crippen molar-refractivity contribution in [3.05, 3.63) is 18.2 Å². The fourth-order valence-corrected chi connectivity index (χ4v) is 6.59. The number of aliphatic hydroxyl groups is 1.